The number of benzene rings is 1. The van der Waals surface area contributed by atoms with Crippen molar-refractivity contribution in [3.63, 3.8) is 0 Å². The van der Waals surface area contributed by atoms with Crippen LogP contribution in [-0.4, -0.2) is 33.0 Å². The number of piperidine rings is 1. The van der Waals surface area contributed by atoms with Crippen LogP contribution >= 0.6 is 11.6 Å². The van der Waals surface area contributed by atoms with Crippen LogP contribution in [0.5, 0.6) is 0 Å². The zero-order chi connectivity index (χ0) is 22.3. The van der Waals surface area contributed by atoms with Crippen LogP contribution in [0.2, 0.25) is 5.02 Å². The molecule has 0 unspecified atom stereocenters. The number of aromatic amines is 1. The largest absolute Gasteiger partial charge is 0.416 e. The third-order valence-corrected chi connectivity index (χ3v) is 5.93. The molecule has 1 fully saturated rings. The third kappa shape index (κ3) is 3.90. The van der Waals surface area contributed by atoms with E-state index in [1.54, 1.807) is 30.6 Å². The summed E-state index contributed by atoms with van der Waals surface area (Å²) in [6.07, 6.45) is 1.83. The van der Waals surface area contributed by atoms with Crippen molar-refractivity contribution < 1.29 is 13.2 Å². The molecule has 4 aromatic rings. The van der Waals surface area contributed by atoms with Gasteiger partial charge in [-0.25, -0.2) is 4.98 Å². The summed E-state index contributed by atoms with van der Waals surface area (Å²) in [4.78, 5) is 18.4. The summed E-state index contributed by atoms with van der Waals surface area (Å²) >= 11 is 6.21. The van der Waals surface area contributed by atoms with Crippen LogP contribution in [0.1, 0.15) is 24.8 Å². The van der Waals surface area contributed by atoms with Crippen LogP contribution in [0.4, 0.5) is 18.9 Å². The molecule has 0 radical (unpaired) electrons. The Labute approximate surface area is 187 Å². The van der Waals surface area contributed by atoms with Gasteiger partial charge < -0.3 is 9.88 Å². The predicted molar refractivity (Wildman–Crippen MR) is 119 cm³/mol. The Hall–Kier alpha value is -3.13. The lowest BCUT2D eigenvalue weighted by Crippen LogP contribution is -2.29. The molecule has 9 heteroatoms. The SMILES string of the molecule is FC(F)(F)c1cc(N2CCCCC2)c2nc(-c3ccc(-c4ncccc4Cl)cn3)[nH]c2c1. The number of halogens is 4. The first kappa shape index (κ1) is 20.8. The number of nitrogens with one attached hydrogen (secondary N) is 1. The fourth-order valence-corrected chi connectivity index (χ4v) is 4.26. The molecule has 1 saturated heterocycles. The zero-order valence-electron chi connectivity index (χ0n) is 17.0. The van der Waals surface area contributed by atoms with Crippen LogP contribution in [0, 0.1) is 0 Å². The maximum Gasteiger partial charge on any atom is 0.416 e. The van der Waals surface area contributed by atoms with Crippen LogP contribution in [-0.2, 0) is 6.18 Å². The van der Waals surface area contributed by atoms with Gasteiger partial charge in [0.15, 0.2) is 5.82 Å². The number of pyridine rings is 2. The quantitative estimate of drug-likeness (QED) is 0.389. The number of aromatic nitrogens is 4. The second kappa shape index (κ2) is 8.09. The number of hydrogen-bond acceptors (Lipinski definition) is 4. The average Bonchev–Trinajstić information content (AvgIpc) is 3.23. The lowest BCUT2D eigenvalue weighted by atomic mass is 10.1. The first-order valence-electron chi connectivity index (χ1n) is 10.3. The first-order chi connectivity index (χ1) is 15.4. The Morgan fingerprint density at radius 2 is 1.81 bits per heavy atom. The highest BCUT2D eigenvalue weighted by molar-refractivity contribution is 6.33. The van der Waals surface area contributed by atoms with E-state index < -0.39 is 11.7 Å². The minimum Gasteiger partial charge on any atom is -0.370 e. The Balaban J connectivity index is 1.57. The lowest BCUT2D eigenvalue weighted by molar-refractivity contribution is -0.137. The minimum atomic E-state index is -4.44. The summed E-state index contributed by atoms with van der Waals surface area (Å²) < 4.78 is 40.6. The molecule has 0 aliphatic carbocycles. The second-order valence-electron chi connectivity index (χ2n) is 7.79. The molecule has 32 heavy (non-hydrogen) atoms. The van der Waals surface area contributed by atoms with E-state index >= 15 is 0 Å². The fraction of sp³-hybridized carbons (Fsp3) is 0.261. The van der Waals surface area contributed by atoms with E-state index in [2.05, 4.69) is 19.9 Å². The van der Waals surface area contributed by atoms with E-state index in [0.29, 0.717) is 39.0 Å². The molecule has 1 aliphatic heterocycles. The zero-order valence-corrected chi connectivity index (χ0v) is 17.7. The first-order valence-corrected chi connectivity index (χ1v) is 10.7. The van der Waals surface area contributed by atoms with Crippen molar-refractivity contribution in [1.82, 2.24) is 19.9 Å². The number of rotatable bonds is 3. The van der Waals surface area contributed by atoms with Crippen molar-refractivity contribution in [1.29, 1.82) is 0 Å². The van der Waals surface area contributed by atoms with Crippen molar-refractivity contribution in [2.75, 3.05) is 18.0 Å². The number of H-pyrrole nitrogens is 1. The fourth-order valence-electron chi connectivity index (χ4n) is 4.03. The molecule has 0 bridgehead atoms. The normalized spacial score (nSPS) is 14.8. The van der Waals surface area contributed by atoms with E-state index in [1.165, 1.54) is 6.07 Å². The van der Waals surface area contributed by atoms with Crippen molar-refractivity contribution in [2.45, 2.75) is 25.4 Å². The Morgan fingerprint density at radius 3 is 2.50 bits per heavy atom. The molecular formula is C23H19ClF3N5. The van der Waals surface area contributed by atoms with Gasteiger partial charge in [-0.3, -0.25) is 9.97 Å². The van der Waals surface area contributed by atoms with Gasteiger partial charge in [0.2, 0.25) is 0 Å². The van der Waals surface area contributed by atoms with E-state index in [9.17, 15) is 13.2 Å². The number of anilines is 1. The van der Waals surface area contributed by atoms with Crippen molar-refractivity contribution in [2.24, 2.45) is 0 Å². The van der Waals surface area contributed by atoms with E-state index in [4.69, 9.17) is 11.6 Å². The second-order valence-corrected chi connectivity index (χ2v) is 8.20. The molecular weight excluding hydrogens is 439 g/mol. The molecule has 5 nitrogen and oxygen atoms in total. The number of hydrogen-bond donors (Lipinski definition) is 1. The average molecular weight is 458 g/mol. The highest BCUT2D eigenvalue weighted by Gasteiger charge is 2.33. The molecule has 5 rings (SSSR count). The van der Waals surface area contributed by atoms with Gasteiger partial charge in [0.1, 0.15) is 11.2 Å². The Bertz CT molecular complexity index is 1260. The molecule has 3 aromatic heterocycles. The molecule has 0 atom stereocenters. The molecule has 4 heterocycles. The molecule has 0 spiro atoms. The van der Waals surface area contributed by atoms with Gasteiger partial charge >= 0.3 is 6.18 Å². The summed E-state index contributed by atoms with van der Waals surface area (Å²) in [6, 6.07) is 9.38. The number of fused-ring (bicyclic) bond motifs is 1. The number of alkyl halides is 3. The van der Waals surface area contributed by atoms with E-state index in [-0.39, 0.29) is 0 Å². The highest BCUT2D eigenvalue weighted by Crippen LogP contribution is 2.38. The summed E-state index contributed by atoms with van der Waals surface area (Å²) in [6.45, 7) is 1.44. The van der Waals surface area contributed by atoms with Crippen LogP contribution in [0.3, 0.4) is 0 Å². The van der Waals surface area contributed by atoms with Gasteiger partial charge in [0.05, 0.1) is 27.5 Å². The molecule has 0 saturated carbocycles. The van der Waals surface area contributed by atoms with E-state index in [0.717, 1.165) is 44.0 Å². The minimum absolute atomic E-state index is 0.342. The van der Waals surface area contributed by atoms with Gasteiger partial charge in [-0.05, 0) is 55.7 Å². The molecule has 1 N–H and O–H groups in total. The van der Waals surface area contributed by atoms with Gasteiger partial charge in [0, 0.05) is 31.0 Å². The summed E-state index contributed by atoms with van der Waals surface area (Å²) in [7, 11) is 0. The predicted octanol–water partition coefficient (Wildman–Crippen LogP) is 6.35. The van der Waals surface area contributed by atoms with Crippen LogP contribution in [0.15, 0.2) is 48.8 Å². The van der Waals surface area contributed by atoms with Crippen molar-refractivity contribution >= 4 is 28.3 Å². The maximum atomic E-state index is 13.5. The standard InChI is InChI=1S/C23H19ClF3N5/c24-16-5-4-8-28-20(16)14-6-7-17(29-13-14)22-30-18-11-15(23(25,26)27)12-19(21(18)31-22)32-9-2-1-3-10-32/h4-8,11-13H,1-3,9-10H2,(H,30,31). The summed E-state index contributed by atoms with van der Waals surface area (Å²) in [5.74, 6) is 0.413. The van der Waals surface area contributed by atoms with Crippen LogP contribution < -0.4 is 4.90 Å². The van der Waals surface area contributed by atoms with Gasteiger partial charge in [-0.2, -0.15) is 13.2 Å². The third-order valence-electron chi connectivity index (χ3n) is 5.63. The maximum absolute atomic E-state index is 13.5. The number of imidazole rings is 1. The van der Waals surface area contributed by atoms with E-state index in [1.807, 2.05) is 11.0 Å². The smallest absolute Gasteiger partial charge is 0.370 e. The van der Waals surface area contributed by atoms with Crippen molar-refractivity contribution in [3.05, 3.63) is 59.4 Å². The highest BCUT2D eigenvalue weighted by atomic mass is 35.5. The van der Waals surface area contributed by atoms with Crippen LogP contribution in [0.25, 0.3) is 33.8 Å². The topological polar surface area (TPSA) is 57.7 Å². The molecule has 164 valence electrons. The Kier molecular flexibility index (Phi) is 5.25. The molecule has 1 aromatic carbocycles. The van der Waals surface area contributed by atoms with Gasteiger partial charge in [-0.1, -0.05) is 11.6 Å². The Morgan fingerprint density at radius 1 is 1.00 bits per heavy atom. The lowest BCUT2D eigenvalue weighted by Gasteiger charge is -2.29. The van der Waals surface area contributed by atoms with Gasteiger partial charge in [-0.15, -0.1) is 0 Å². The van der Waals surface area contributed by atoms with Gasteiger partial charge in [0.25, 0.3) is 0 Å². The number of nitrogens with zero attached hydrogens (tertiary/aromatic N) is 4. The van der Waals surface area contributed by atoms with Crippen molar-refractivity contribution in [3.8, 4) is 22.8 Å². The summed E-state index contributed by atoms with van der Waals surface area (Å²) in [5, 5.41) is 0.511. The molecule has 1 aliphatic rings. The molecule has 0 amide bonds. The monoisotopic (exact) mass is 457 g/mol. The summed E-state index contributed by atoms with van der Waals surface area (Å²) in [5.41, 5.74) is 2.56.